The van der Waals surface area contributed by atoms with Crippen molar-refractivity contribution in [1.29, 1.82) is 0 Å². The zero-order valence-electron chi connectivity index (χ0n) is 38.1. The zero-order valence-corrected chi connectivity index (χ0v) is 38.1. The number of hydrogen-bond donors (Lipinski definition) is 2. The van der Waals surface area contributed by atoms with Crippen molar-refractivity contribution in [2.75, 3.05) is 28.0 Å². The highest BCUT2D eigenvalue weighted by Crippen LogP contribution is 2.31. The summed E-state index contributed by atoms with van der Waals surface area (Å²) < 4.78 is 40.6. The summed E-state index contributed by atoms with van der Waals surface area (Å²) in [6, 6.07) is 0. The molecule has 0 amide bonds. The third-order valence-electron chi connectivity index (χ3n) is 11.7. The number of esters is 2. The van der Waals surface area contributed by atoms with Crippen molar-refractivity contribution in [2.24, 2.45) is 23.7 Å². The molecular formula is C46H66N4O13. The number of Topliss-reactive ketones (excluding diaryl/α,β-unsaturated/α-hetero) is 2. The molecule has 3 aromatic rings. The van der Waals surface area contributed by atoms with Gasteiger partial charge in [0.15, 0.2) is 11.4 Å². The average Bonchev–Trinajstić information content (AvgIpc) is 4.05. The number of oxazole rings is 3. The van der Waals surface area contributed by atoms with Gasteiger partial charge in [-0.05, 0) is 43.9 Å². The molecule has 4 heterocycles. The van der Waals surface area contributed by atoms with E-state index < -0.39 is 48.4 Å². The first-order valence-corrected chi connectivity index (χ1v) is 21.7. The molecule has 4 rings (SSSR count). The van der Waals surface area contributed by atoms with Crippen molar-refractivity contribution >= 4 is 29.6 Å². The molecule has 17 heteroatoms. The molecule has 348 valence electrons. The van der Waals surface area contributed by atoms with Crippen molar-refractivity contribution in [3.8, 4) is 23.2 Å². The second-order valence-corrected chi connectivity index (χ2v) is 16.8. The quantitative estimate of drug-likeness (QED) is 0.116. The predicted molar refractivity (Wildman–Crippen MR) is 230 cm³/mol. The number of rotatable bonds is 15. The van der Waals surface area contributed by atoms with Gasteiger partial charge in [0.05, 0.1) is 36.3 Å². The molecule has 10 atom stereocenters. The van der Waals surface area contributed by atoms with E-state index in [-0.39, 0.29) is 92.3 Å². The highest BCUT2D eigenvalue weighted by Gasteiger charge is 2.35. The van der Waals surface area contributed by atoms with E-state index in [2.05, 4.69) is 15.0 Å². The molecule has 0 spiro atoms. The molecule has 6 bridgehead atoms. The van der Waals surface area contributed by atoms with Crippen LogP contribution in [-0.2, 0) is 38.1 Å². The Labute approximate surface area is 369 Å². The summed E-state index contributed by atoms with van der Waals surface area (Å²) >= 11 is 0. The summed E-state index contributed by atoms with van der Waals surface area (Å²) in [5.41, 5.74) is 1.30. The highest BCUT2D eigenvalue weighted by atomic mass is 16.6. The van der Waals surface area contributed by atoms with Gasteiger partial charge < -0.3 is 47.3 Å². The molecule has 3 aromatic heterocycles. The van der Waals surface area contributed by atoms with E-state index in [0.29, 0.717) is 42.2 Å². The molecule has 17 nitrogen and oxygen atoms in total. The lowest BCUT2D eigenvalue weighted by Crippen LogP contribution is -2.39. The molecule has 0 radical (unpaired) electrons. The molecule has 0 aliphatic carbocycles. The van der Waals surface area contributed by atoms with Gasteiger partial charge in [-0.15, -0.1) is 0 Å². The molecule has 2 N–H and O–H groups in total. The van der Waals surface area contributed by atoms with Gasteiger partial charge in [0, 0.05) is 71.6 Å². The molecule has 63 heavy (non-hydrogen) atoms. The average molecular weight is 883 g/mol. The van der Waals surface area contributed by atoms with Crippen LogP contribution < -0.4 is 0 Å². The molecule has 0 saturated heterocycles. The second kappa shape index (κ2) is 24.8. The number of carbonyl (C=O) groups is 4. The van der Waals surface area contributed by atoms with E-state index in [1.807, 2.05) is 33.8 Å². The van der Waals surface area contributed by atoms with Gasteiger partial charge in [0.25, 0.3) is 0 Å². The van der Waals surface area contributed by atoms with Crippen LogP contribution in [0.2, 0.25) is 0 Å². The van der Waals surface area contributed by atoms with E-state index in [0.717, 1.165) is 0 Å². The summed E-state index contributed by atoms with van der Waals surface area (Å²) in [6.07, 6.45) is 10.1. The summed E-state index contributed by atoms with van der Waals surface area (Å²) in [7, 11) is 4.85. The largest absolute Gasteiger partial charge is 0.462 e. The zero-order chi connectivity index (χ0) is 46.2. The second-order valence-electron chi connectivity index (χ2n) is 16.8. The van der Waals surface area contributed by atoms with Crippen LogP contribution in [0.3, 0.4) is 0 Å². The van der Waals surface area contributed by atoms with Crippen LogP contribution in [-0.4, -0.2) is 112 Å². The lowest BCUT2D eigenvalue weighted by atomic mass is 9.84. The first-order valence-electron chi connectivity index (χ1n) is 21.7. The Morgan fingerprint density at radius 3 is 2.40 bits per heavy atom. The number of aromatic nitrogens is 3. The van der Waals surface area contributed by atoms with Crippen LogP contribution in [0.5, 0.6) is 0 Å². The Morgan fingerprint density at radius 1 is 1.00 bits per heavy atom. The van der Waals surface area contributed by atoms with Crippen LogP contribution in [0.4, 0.5) is 0 Å². The Morgan fingerprint density at radius 2 is 1.70 bits per heavy atom. The minimum absolute atomic E-state index is 0.0138. The highest BCUT2D eigenvalue weighted by molar-refractivity contribution is 5.82. The lowest BCUT2D eigenvalue weighted by molar-refractivity contribution is -0.160. The first-order chi connectivity index (χ1) is 30.0. The topological polar surface area (TPSA) is 227 Å². The summed E-state index contributed by atoms with van der Waals surface area (Å²) in [4.78, 5) is 67.1. The number of methoxy groups -OCH3 is 2. The van der Waals surface area contributed by atoms with Crippen LogP contribution >= 0.6 is 0 Å². The van der Waals surface area contributed by atoms with Gasteiger partial charge in [0.1, 0.15) is 49.3 Å². The Hall–Kier alpha value is -4.97. The van der Waals surface area contributed by atoms with Crippen LogP contribution in [0.1, 0.15) is 117 Å². The van der Waals surface area contributed by atoms with E-state index in [1.165, 1.54) is 25.7 Å². The van der Waals surface area contributed by atoms with E-state index in [1.54, 1.807) is 51.4 Å². The fourth-order valence-corrected chi connectivity index (χ4v) is 7.67. The first kappa shape index (κ1) is 50.7. The van der Waals surface area contributed by atoms with Gasteiger partial charge in [-0.3, -0.25) is 19.2 Å². The van der Waals surface area contributed by atoms with Gasteiger partial charge >= 0.3 is 11.9 Å². The van der Waals surface area contributed by atoms with E-state index >= 15 is 0 Å². The van der Waals surface area contributed by atoms with E-state index in [9.17, 15) is 29.4 Å². The summed E-state index contributed by atoms with van der Waals surface area (Å²) in [6.45, 7) is 10.5. The minimum atomic E-state index is -1.03. The number of ether oxygens (including phenoxy) is 4. The van der Waals surface area contributed by atoms with Crippen molar-refractivity contribution in [3.63, 3.8) is 0 Å². The lowest BCUT2D eigenvalue weighted by Gasteiger charge is -2.34. The number of aliphatic hydroxyl groups excluding tert-OH is 2. The number of fused-ring (bicyclic) bond motifs is 8. The van der Waals surface area contributed by atoms with E-state index in [4.69, 9.17) is 32.2 Å². The van der Waals surface area contributed by atoms with Crippen LogP contribution in [0.25, 0.3) is 29.2 Å². The van der Waals surface area contributed by atoms with Crippen LogP contribution in [0.15, 0.2) is 50.4 Å². The number of carbonyl (C=O) groups excluding carboxylic acids is 4. The SMILES string of the molecule is COC(CC1OC(=O)CC(O)CCCC(=O)CC(C)c2coc(n2)-c2coc(n2)-c2coc(n2)C=CCC(OC)C1C)C(C)CCC(=O)C(C)C(OC(C)=O)C(C)C=CN(C)CO. The van der Waals surface area contributed by atoms with Crippen LogP contribution in [0, 0.1) is 23.7 Å². The number of hydrogen-bond acceptors (Lipinski definition) is 17. The Balaban J connectivity index is 1.51. The fraction of sp³-hybridized carbons (Fsp3) is 0.630. The third-order valence-corrected chi connectivity index (χ3v) is 11.7. The molecule has 0 saturated carbocycles. The van der Waals surface area contributed by atoms with Gasteiger partial charge in [-0.1, -0.05) is 46.8 Å². The number of aliphatic hydroxyl groups is 2. The standard InChI is InChI=1S/C46H66N4O13/c1-27(16-17-38(55)30(4)44(62-32(6)52)28(2)18-19-50(7)26-51)40(58-9)22-41-31(5)39(57-8)14-11-15-42-47-36(24-59-42)45-49-37(25-61-45)46-48-35(23-60-46)29(3)20-33(53)12-10-13-34(54)21-43(56)63-41/h11,15,18-19,23-25,27-31,34,39-41,44,51,54H,10,12-14,16-17,20-22,26H2,1-9H3. The summed E-state index contributed by atoms with van der Waals surface area (Å²) in [5, 5.41) is 20.2. The van der Waals surface area contributed by atoms with Crippen molar-refractivity contribution in [2.45, 2.75) is 136 Å². The maximum absolute atomic E-state index is 13.6. The smallest absolute Gasteiger partial charge is 0.308 e. The molecule has 0 fully saturated rings. The number of ketones is 2. The maximum Gasteiger partial charge on any atom is 0.308 e. The van der Waals surface area contributed by atoms with Gasteiger partial charge in [-0.25, -0.2) is 15.0 Å². The molecule has 0 aromatic carbocycles. The molecule has 1 aliphatic rings. The fourth-order valence-electron chi connectivity index (χ4n) is 7.67. The Bertz CT molecular complexity index is 1970. The molecular weight excluding hydrogens is 817 g/mol. The maximum atomic E-state index is 13.6. The van der Waals surface area contributed by atoms with Crippen molar-refractivity contribution < 1.29 is 61.6 Å². The normalized spacial score (nSPS) is 23.2. The Kier molecular flexibility index (Phi) is 19.9. The van der Waals surface area contributed by atoms with Crippen molar-refractivity contribution in [1.82, 2.24) is 19.9 Å². The third kappa shape index (κ3) is 15.4. The van der Waals surface area contributed by atoms with Gasteiger partial charge in [0.2, 0.25) is 17.7 Å². The van der Waals surface area contributed by atoms with Gasteiger partial charge in [-0.2, -0.15) is 0 Å². The number of cyclic esters (lactones) is 1. The minimum Gasteiger partial charge on any atom is -0.462 e. The molecule has 10 unspecified atom stereocenters. The van der Waals surface area contributed by atoms with Crippen molar-refractivity contribution in [3.05, 3.63) is 48.7 Å². The molecule has 1 aliphatic heterocycles. The predicted octanol–water partition coefficient (Wildman–Crippen LogP) is 6.94. The summed E-state index contributed by atoms with van der Waals surface area (Å²) in [5.74, 6) is -2.13. The monoisotopic (exact) mass is 882 g/mol. The number of nitrogens with zero attached hydrogens (tertiary/aromatic N) is 4.